The molecule has 1 aromatic carbocycles. The number of benzene rings is 1. The van der Waals surface area contributed by atoms with E-state index >= 15 is 0 Å². The monoisotopic (exact) mass is 291 g/mol. The molecule has 1 rings (SSSR count). The summed E-state index contributed by atoms with van der Waals surface area (Å²) in [5, 5.41) is 0. The maximum Gasteiger partial charge on any atom is 0.321 e. The first-order chi connectivity index (χ1) is 9.63. The first-order valence-corrected chi connectivity index (χ1v) is 7.20. The number of carbonyl (C=O) groups is 2. The van der Waals surface area contributed by atoms with Crippen molar-refractivity contribution in [2.24, 2.45) is 11.7 Å². The van der Waals surface area contributed by atoms with Gasteiger partial charge in [0.1, 0.15) is 11.5 Å². The highest BCUT2D eigenvalue weighted by molar-refractivity contribution is 6.07. The second kappa shape index (κ2) is 6.85. The van der Waals surface area contributed by atoms with Crippen LogP contribution in [-0.4, -0.2) is 23.4 Å². The molecular weight excluding hydrogens is 266 g/mol. The standard InChI is InChI=1S/C17H25NO3/c1-11(2)14(18)15(19)13(12-9-7-6-8-10-12)16(20)21-17(3,4)5/h6-11,13-14H,18H2,1-5H3/t13?,14-/m0/s1. The second-order valence-corrected chi connectivity index (χ2v) is 6.55. The molecule has 2 N–H and O–H groups in total. The normalized spacial score (nSPS) is 14.6. The number of rotatable bonds is 5. The summed E-state index contributed by atoms with van der Waals surface area (Å²) >= 11 is 0. The van der Waals surface area contributed by atoms with Crippen LogP contribution in [0.1, 0.15) is 46.1 Å². The average Bonchev–Trinajstić information content (AvgIpc) is 2.36. The summed E-state index contributed by atoms with van der Waals surface area (Å²) in [6, 6.07) is 8.23. The predicted octanol–water partition coefficient (Wildman–Crippen LogP) is 2.66. The van der Waals surface area contributed by atoms with Crippen LogP contribution in [0.25, 0.3) is 0 Å². The summed E-state index contributed by atoms with van der Waals surface area (Å²) in [5.41, 5.74) is 5.91. The maximum absolute atomic E-state index is 12.6. The fourth-order valence-electron chi connectivity index (χ4n) is 1.94. The van der Waals surface area contributed by atoms with Gasteiger partial charge in [0.05, 0.1) is 6.04 Å². The van der Waals surface area contributed by atoms with E-state index in [1.807, 2.05) is 19.9 Å². The Morgan fingerprint density at radius 3 is 2.05 bits per heavy atom. The SMILES string of the molecule is CC(C)[C@H](N)C(=O)C(C(=O)OC(C)(C)C)c1ccccc1. The minimum Gasteiger partial charge on any atom is -0.459 e. The topological polar surface area (TPSA) is 69.4 Å². The Balaban J connectivity index is 3.13. The summed E-state index contributed by atoms with van der Waals surface area (Å²) in [5.74, 6) is -1.85. The number of carbonyl (C=O) groups excluding carboxylic acids is 2. The quantitative estimate of drug-likeness (QED) is 0.669. The molecule has 0 spiro atoms. The lowest BCUT2D eigenvalue weighted by Crippen LogP contribution is -2.42. The summed E-state index contributed by atoms with van der Waals surface area (Å²) in [6.07, 6.45) is 0. The molecule has 2 atom stereocenters. The van der Waals surface area contributed by atoms with E-state index in [9.17, 15) is 9.59 Å². The van der Waals surface area contributed by atoms with Crippen LogP contribution in [0.3, 0.4) is 0 Å². The molecular formula is C17H25NO3. The van der Waals surface area contributed by atoms with E-state index in [1.54, 1.807) is 45.0 Å². The van der Waals surface area contributed by atoms with Crippen LogP contribution in [0, 0.1) is 5.92 Å². The van der Waals surface area contributed by atoms with Gasteiger partial charge in [-0.2, -0.15) is 0 Å². The number of ketones is 1. The van der Waals surface area contributed by atoms with Crippen LogP contribution in [0.5, 0.6) is 0 Å². The van der Waals surface area contributed by atoms with Crippen LogP contribution in [0.4, 0.5) is 0 Å². The minimum atomic E-state index is -0.970. The third-order valence-electron chi connectivity index (χ3n) is 3.11. The smallest absolute Gasteiger partial charge is 0.321 e. The summed E-state index contributed by atoms with van der Waals surface area (Å²) in [7, 11) is 0. The number of esters is 1. The molecule has 1 aromatic rings. The van der Waals surface area contributed by atoms with Crippen molar-refractivity contribution in [3.63, 3.8) is 0 Å². The molecule has 0 aliphatic rings. The third-order valence-corrected chi connectivity index (χ3v) is 3.11. The molecule has 0 saturated carbocycles. The molecule has 0 bridgehead atoms. The van der Waals surface area contributed by atoms with Crippen LogP contribution >= 0.6 is 0 Å². The van der Waals surface area contributed by atoms with Gasteiger partial charge < -0.3 is 10.5 Å². The molecule has 21 heavy (non-hydrogen) atoms. The van der Waals surface area contributed by atoms with Gasteiger partial charge in [0.2, 0.25) is 0 Å². The molecule has 0 saturated heterocycles. The predicted molar refractivity (Wildman–Crippen MR) is 82.8 cm³/mol. The van der Waals surface area contributed by atoms with Crippen molar-refractivity contribution in [3.8, 4) is 0 Å². The van der Waals surface area contributed by atoms with Gasteiger partial charge in [-0.05, 0) is 32.3 Å². The van der Waals surface area contributed by atoms with Gasteiger partial charge in [-0.25, -0.2) is 0 Å². The number of hydrogen-bond donors (Lipinski definition) is 1. The minimum absolute atomic E-state index is 0.0360. The van der Waals surface area contributed by atoms with Crippen molar-refractivity contribution >= 4 is 11.8 Å². The highest BCUT2D eigenvalue weighted by Crippen LogP contribution is 2.24. The number of Topliss-reactive ketones (excluding diaryl/α,β-unsaturated/α-hetero) is 1. The molecule has 0 radical (unpaired) electrons. The van der Waals surface area contributed by atoms with Crippen molar-refractivity contribution in [1.82, 2.24) is 0 Å². The van der Waals surface area contributed by atoms with Crippen molar-refractivity contribution in [3.05, 3.63) is 35.9 Å². The van der Waals surface area contributed by atoms with Gasteiger partial charge in [-0.15, -0.1) is 0 Å². The average molecular weight is 291 g/mol. The number of ether oxygens (including phenoxy) is 1. The maximum atomic E-state index is 12.6. The third kappa shape index (κ3) is 4.97. The fourth-order valence-corrected chi connectivity index (χ4v) is 1.94. The number of nitrogens with two attached hydrogens (primary N) is 1. The van der Waals surface area contributed by atoms with Crippen molar-refractivity contribution < 1.29 is 14.3 Å². The van der Waals surface area contributed by atoms with Crippen LogP contribution < -0.4 is 5.73 Å². The van der Waals surface area contributed by atoms with E-state index in [0.717, 1.165) is 0 Å². The summed E-state index contributed by atoms with van der Waals surface area (Å²) in [4.78, 5) is 25.0. The second-order valence-electron chi connectivity index (χ2n) is 6.55. The van der Waals surface area contributed by atoms with E-state index in [1.165, 1.54) is 0 Å². The van der Waals surface area contributed by atoms with Gasteiger partial charge in [0, 0.05) is 0 Å². The Hall–Kier alpha value is -1.68. The van der Waals surface area contributed by atoms with Gasteiger partial charge in [0.15, 0.2) is 5.78 Å². The zero-order chi connectivity index (χ0) is 16.2. The zero-order valence-corrected chi connectivity index (χ0v) is 13.4. The molecule has 0 amide bonds. The molecule has 0 fully saturated rings. The van der Waals surface area contributed by atoms with E-state index in [-0.39, 0.29) is 11.7 Å². The Morgan fingerprint density at radius 1 is 1.10 bits per heavy atom. The molecule has 0 heterocycles. The van der Waals surface area contributed by atoms with Crippen LogP contribution in [0.2, 0.25) is 0 Å². The number of hydrogen-bond acceptors (Lipinski definition) is 4. The zero-order valence-electron chi connectivity index (χ0n) is 13.4. The van der Waals surface area contributed by atoms with E-state index in [4.69, 9.17) is 10.5 Å². The Morgan fingerprint density at radius 2 is 1.62 bits per heavy atom. The highest BCUT2D eigenvalue weighted by Gasteiger charge is 2.36. The molecule has 0 aliphatic carbocycles. The Kier molecular flexibility index (Phi) is 5.67. The lowest BCUT2D eigenvalue weighted by molar-refractivity contribution is -0.158. The first-order valence-electron chi connectivity index (χ1n) is 7.20. The van der Waals surface area contributed by atoms with Crippen LogP contribution in [0.15, 0.2) is 30.3 Å². The first kappa shape index (κ1) is 17.4. The molecule has 0 aromatic heterocycles. The van der Waals surface area contributed by atoms with Crippen molar-refractivity contribution in [2.75, 3.05) is 0 Å². The van der Waals surface area contributed by atoms with E-state index in [0.29, 0.717) is 5.56 Å². The summed E-state index contributed by atoms with van der Waals surface area (Å²) in [6.45, 7) is 9.05. The molecule has 0 aliphatic heterocycles. The van der Waals surface area contributed by atoms with E-state index in [2.05, 4.69) is 0 Å². The Labute approximate surface area is 126 Å². The van der Waals surface area contributed by atoms with Crippen LogP contribution in [-0.2, 0) is 14.3 Å². The van der Waals surface area contributed by atoms with Gasteiger partial charge in [-0.1, -0.05) is 44.2 Å². The Bertz CT molecular complexity index is 489. The highest BCUT2D eigenvalue weighted by atomic mass is 16.6. The van der Waals surface area contributed by atoms with Gasteiger partial charge >= 0.3 is 5.97 Å². The lowest BCUT2D eigenvalue weighted by Gasteiger charge is -2.26. The van der Waals surface area contributed by atoms with Gasteiger partial charge in [0.25, 0.3) is 0 Å². The fraction of sp³-hybridized carbons (Fsp3) is 0.529. The molecule has 4 nitrogen and oxygen atoms in total. The lowest BCUT2D eigenvalue weighted by atomic mass is 9.87. The molecule has 116 valence electrons. The molecule has 4 heteroatoms. The van der Waals surface area contributed by atoms with Gasteiger partial charge in [-0.3, -0.25) is 9.59 Å². The summed E-state index contributed by atoms with van der Waals surface area (Å²) < 4.78 is 5.39. The molecule has 1 unspecified atom stereocenters. The largest absolute Gasteiger partial charge is 0.459 e. The van der Waals surface area contributed by atoms with Crippen molar-refractivity contribution in [2.45, 2.75) is 52.2 Å². The van der Waals surface area contributed by atoms with Crippen molar-refractivity contribution in [1.29, 1.82) is 0 Å². The van der Waals surface area contributed by atoms with E-state index < -0.39 is 23.5 Å².